The van der Waals surface area contributed by atoms with Gasteiger partial charge in [0.25, 0.3) is 5.91 Å². The van der Waals surface area contributed by atoms with Crippen molar-refractivity contribution < 1.29 is 4.79 Å². The van der Waals surface area contributed by atoms with Gasteiger partial charge in [0.05, 0.1) is 11.4 Å². The Morgan fingerprint density at radius 2 is 2.35 bits per heavy atom. The van der Waals surface area contributed by atoms with E-state index < -0.39 is 0 Å². The van der Waals surface area contributed by atoms with Gasteiger partial charge in [0.15, 0.2) is 0 Å². The zero-order chi connectivity index (χ0) is 14.1. The molecule has 3 heterocycles. The third kappa shape index (κ3) is 2.20. The van der Waals surface area contributed by atoms with Gasteiger partial charge in [-0.1, -0.05) is 0 Å². The van der Waals surface area contributed by atoms with Crippen LogP contribution in [-0.2, 0) is 6.54 Å². The molecule has 0 aliphatic carbocycles. The highest BCUT2D eigenvalue weighted by molar-refractivity contribution is 7.99. The molecule has 20 heavy (non-hydrogen) atoms. The Balaban J connectivity index is 1.99. The van der Waals surface area contributed by atoms with Crippen LogP contribution < -0.4 is 4.90 Å². The van der Waals surface area contributed by atoms with Crippen molar-refractivity contribution in [1.29, 1.82) is 0 Å². The van der Waals surface area contributed by atoms with Crippen LogP contribution in [0.1, 0.15) is 23.1 Å². The molecule has 1 amide bonds. The number of anilines is 1. The van der Waals surface area contributed by atoms with Gasteiger partial charge in [0.1, 0.15) is 10.7 Å². The van der Waals surface area contributed by atoms with Gasteiger partial charge in [-0.05, 0) is 32.0 Å². The van der Waals surface area contributed by atoms with Gasteiger partial charge in [-0.25, -0.2) is 4.98 Å². The molecule has 0 unspecified atom stereocenters. The predicted molar refractivity (Wildman–Crippen MR) is 79.3 cm³/mol. The summed E-state index contributed by atoms with van der Waals surface area (Å²) in [6.07, 6.45) is 1.76. The van der Waals surface area contributed by atoms with E-state index in [9.17, 15) is 4.79 Å². The van der Waals surface area contributed by atoms with E-state index in [0.29, 0.717) is 18.8 Å². The lowest BCUT2D eigenvalue weighted by Gasteiger charge is -2.28. The van der Waals surface area contributed by atoms with Crippen LogP contribution >= 0.6 is 11.8 Å². The lowest BCUT2D eigenvalue weighted by Crippen LogP contribution is -2.36. The van der Waals surface area contributed by atoms with E-state index in [2.05, 4.69) is 10.1 Å². The fourth-order valence-electron chi connectivity index (χ4n) is 2.36. The minimum absolute atomic E-state index is 0.00185. The molecule has 0 radical (unpaired) electrons. The predicted octanol–water partition coefficient (Wildman–Crippen LogP) is 2.36. The first-order valence-electron chi connectivity index (χ1n) is 6.65. The van der Waals surface area contributed by atoms with Crippen molar-refractivity contribution in [2.45, 2.75) is 25.4 Å². The SMILES string of the molecule is CCn1nc(C)cc1C(=O)N1CCSc2ncccc21. The molecule has 0 spiro atoms. The largest absolute Gasteiger partial charge is 0.304 e. The van der Waals surface area contributed by atoms with Gasteiger partial charge in [-0.2, -0.15) is 5.10 Å². The van der Waals surface area contributed by atoms with Crippen molar-refractivity contribution in [3.8, 4) is 0 Å². The van der Waals surface area contributed by atoms with E-state index in [1.54, 1.807) is 27.5 Å². The van der Waals surface area contributed by atoms with Gasteiger partial charge in [0, 0.05) is 25.0 Å². The third-order valence-electron chi connectivity index (χ3n) is 3.26. The number of aromatic nitrogens is 3. The van der Waals surface area contributed by atoms with E-state index >= 15 is 0 Å². The Hall–Kier alpha value is -1.82. The number of pyridine rings is 1. The van der Waals surface area contributed by atoms with Crippen LogP contribution in [0.3, 0.4) is 0 Å². The smallest absolute Gasteiger partial charge is 0.276 e. The maximum atomic E-state index is 12.8. The van der Waals surface area contributed by atoms with Crippen LogP contribution in [0.15, 0.2) is 29.4 Å². The molecule has 0 fully saturated rings. The second-order valence-corrected chi connectivity index (χ2v) is 5.70. The van der Waals surface area contributed by atoms with Gasteiger partial charge < -0.3 is 4.90 Å². The molecule has 5 nitrogen and oxygen atoms in total. The molecule has 0 saturated heterocycles. The Morgan fingerprint density at radius 1 is 1.50 bits per heavy atom. The number of amides is 1. The molecule has 2 aromatic heterocycles. The quantitative estimate of drug-likeness (QED) is 0.851. The topological polar surface area (TPSA) is 51.0 Å². The van der Waals surface area contributed by atoms with Crippen molar-refractivity contribution in [2.75, 3.05) is 17.2 Å². The first-order valence-corrected chi connectivity index (χ1v) is 7.63. The molecule has 1 aliphatic rings. The second kappa shape index (κ2) is 5.28. The number of thioether (sulfide) groups is 1. The molecule has 0 N–H and O–H groups in total. The van der Waals surface area contributed by atoms with Crippen molar-refractivity contribution in [1.82, 2.24) is 14.8 Å². The molecular weight excluding hydrogens is 272 g/mol. The minimum Gasteiger partial charge on any atom is -0.304 e. The summed E-state index contributed by atoms with van der Waals surface area (Å²) in [4.78, 5) is 18.9. The van der Waals surface area contributed by atoms with E-state index in [1.165, 1.54) is 0 Å². The van der Waals surface area contributed by atoms with Crippen LogP contribution in [0.5, 0.6) is 0 Å². The Labute approximate surface area is 122 Å². The zero-order valence-corrected chi connectivity index (χ0v) is 12.4. The van der Waals surface area contributed by atoms with Crippen LogP contribution in [-0.4, -0.2) is 33.0 Å². The highest BCUT2D eigenvalue weighted by Crippen LogP contribution is 2.33. The highest BCUT2D eigenvalue weighted by atomic mass is 32.2. The van der Waals surface area contributed by atoms with Gasteiger partial charge in [0.2, 0.25) is 0 Å². The summed E-state index contributed by atoms with van der Waals surface area (Å²) in [5.41, 5.74) is 2.41. The van der Waals surface area contributed by atoms with Gasteiger partial charge >= 0.3 is 0 Å². The summed E-state index contributed by atoms with van der Waals surface area (Å²) < 4.78 is 1.76. The summed E-state index contributed by atoms with van der Waals surface area (Å²) in [7, 11) is 0. The number of aryl methyl sites for hydroxylation is 2. The molecule has 6 heteroatoms. The van der Waals surface area contributed by atoms with Crippen molar-refractivity contribution >= 4 is 23.4 Å². The van der Waals surface area contributed by atoms with Crippen molar-refractivity contribution in [3.63, 3.8) is 0 Å². The normalized spacial score (nSPS) is 14.2. The number of hydrogen-bond donors (Lipinski definition) is 0. The van der Waals surface area contributed by atoms with E-state index in [-0.39, 0.29) is 5.91 Å². The number of hydrogen-bond acceptors (Lipinski definition) is 4. The molecule has 0 atom stereocenters. The molecule has 0 saturated carbocycles. The summed E-state index contributed by atoms with van der Waals surface area (Å²) in [5, 5.41) is 5.27. The lowest BCUT2D eigenvalue weighted by molar-refractivity contribution is 0.0977. The summed E-state index contributed by atoms with van der Waals surface area (Å²) in [6, 6.07) is 5.67. The zero-order valence-electron chi connectivity index (χ0n) is 11.5. The van der Waals surface area contributed by atoms with Crippen LogP contribution in [0.2, 0.25) is 0 Å². The standard InChI is InChI=1S/C14H16N4OS/c1-3-18-12(9-10(2)16-18)14(19)17-7-8-20-13-11(17)5-4-6-15-13/h4-6,9H,3,7-8H2,1-2H3. The average molecular weight is 288 g/mol. The summed E-state index contributed by atoms with van der Waals surface area (Å²) in [6.45, 7) is 5.29. The van der Waals surface area contributed by atoms with E-state index in [1.807, 2.05) is 32.0 Å². The van der Waals surface area contributed by atoms with Crippen molar-refractivity contribution in [2.24, 2.45) is 0 Å². The molecule has 1 aliphatic heterocycles. The maximum Gasteiger partial charge on any atom is 0.276 e. The van der Waals surface area contributed by atoms with Gasteiger partial charge in [-0.3, -0.25) is 9.48 Å². The fraction of sp³-hybridized carbons (Fsp3) is 0.357. The van der Waals surface area contributed by atoms with Gasteiger partial charge in [-0.15, -0.1) is 11.8 Å². The molecule has 0 aromatic carbocycles. The molecule has 3 rings (SSSR count). The van der Waals surface area contributed by atoms with Crippen molar-refractivity contribution in [3.05, 3.63) is 35.8 Å². The molecular formula is C14H16N4OS. The van der Waals surface area contributed by atoms with Crippen LogP contribution in [0.25, 0.3) is 0 Å². The molecule has 2 aromatic rings. The van der Waals surface area contributed by atoms with E-state index in [4.69, 9.17) is 0 Å². The first-order chi connectivity index (χ1) is 9.70. The van der Waals surface area contributed by atoms with Crippen LogP contribution in [0, 0.1) is 6.92 Å². The Morgan fingerprint density at radius 3 is 3.15 bits per heavy atom. The number of carbonyl (C=O) groups is 1. The maximum absolute atomic E-state index is 12.8. The number of carbonyl (C=O) groups excluding carboxylic acids is 1. The minimum atomic E-state index is 0.00185. The Bertz CT molecular complexity index is 652. The molecule has 104 valence electrons. The average Bonchev–Trinajstić information content (AvgIpc) is 2.87. The number of nitrogens with zero attached hydrogens (tertiary/aromatic N) is 4. The molecule has 0 bridgehead atoms. The third-order valence-corrected chi connectivity index (χ3v) is 4.24. The summed E-state index contributed by atoms with van der Waals surface area (Å²) >= 11 is 1.69. The number of rotatable bonds is 2. The highest BCUT2D eigenvalue weighted by Gasteiger charge is 2.26. The van der Waals surface area contributed by atoms with Crippen LogP contribution in [0.4, 0.5) is 5.69 Å². The second-order valence-electron chi connectivity index (χ2n) is 4.62. The monoisotopic (exact) mass is 288 g/mol. The number of fused-ring (bicyclic) bond motifs is 1. The Kier molecular flexibility index (Phi) is 3.48. The first kappa shape index (κ1) is 13.2. The lowest BCUT2D eigenvalue weighted by atomic mass is 10.3. The van der Waals surface area contributed by atoms with E-state index in [0.717, 1.165) is 22.2 Å². The summed E-state index contributed by atoms with van der Waals surface area (Å²) in [5.74, 6) is 0.872. The fourth-order valence-corrected chi connectivity index (χ4v) is 3.29.